The SMILES string of the molecule is CC(C)CC(C)N(C)c1ccc(CO)cc1Br. The lowest BCUT2D eigenvalue weighted by Crippen LogP contribution is -2.30. The first-order chi connectivity index (χ1) is 7.95. The van der Waals surface area contributed by atoms with Crippen molar-refractivity contribution >= 4 is 21.6 Å². The largest absolute Gasteiger partial charge is 0.392 e. The number of benzene rings is 1. The van der Waals surface area contributed by atoms with Gasteiger partial charge in [-0.15, -0.1) is 0 Å². The minimum atomic E-state index is 0.0874. The molecule has 0 saturated heterocycles. The third kappa shape index (κ3) is 4.00. The molecule has 2 nitrogen and oxygen atoms in total. The van der Waals surface area contributed by atoms with Crippen LogP contribution < -0.4 is 4.90 Å². The van der Waals surface area contributed by atoms with Crippen molar-refractivity contribution in [1.82, 2.24) is 0 Å². The van der Waals surface area contributed by atoms with Crippen LogP contribution in [0.3, 0.4) is 0 Å². The number of anilines is 1. The van der Waals surface area contributed by atoms with Gasteiger partial charge in [0.15, 0.2) is 0 Å². The molecule has 0 amide bonds. The molecular formula is C14H22BrNO. The molecule has 0 spiro atoms. The van der Waals surface area contributed by atoms with Gasteiger partial charge >= 0.3 is 0 Å². The van der Waals surface area contributed by atoms with Crippen molar-refractivity contribution in [1.29, 1.82) is 0 Å². The molecule has 3 heteroatoms. The van der Waals surface area contributed by atoms with Crippen LogP contribution in [0.1, 0.15) is 32.8 Å². The predicted molar refractivity (Wildman–Crippen MR) is 77.4 cm³/mol. The summed E-state index contributed by atoms with van der Waals surface area (Å²) in [5.41, 5.74) is 2.11. The van der Waals surface area contributed by atoms with Gasteiger partial charge in [-0.1, -0.05) is 19.9 Å². The lowest BCUT2D eigenvalue weighted by atomic mass is 10.0. The zero-order valence-corrected chi connectivity index (χ0v) is 12.7. The lowest BCUT2D eigenvalue weighted by molar-refractivity contribution is 0.282. The first-order valence-electron chi connectivity index (χ1n) is 6.07. The number of rotatable bonds is 5. The average molecular weight is 300 g/mol. The third-order valence-corrected chi connectivity index (χ3v) is 3.68. The number of aliphatic hydroxyl groups is 1. The normalized spacial score (nSPS) is 12.9. The summed E-state index contributed by atoms with van der Waals surface area (Å²) in [4.78, 5) is 2.28. The first-order valence-corrected chi connectivity index (χ1v) is 6.87. The molecule has 96 valence electrons. The van der Waals surface area contributed by atoms with Crippen molar-refractivity contribution in [2.24, 2.45) is 5.92 Å². The van der Waals surface area contributed by atoms with E-state index in [1.165, 1.54) is 12.1 Å². The van der Waals surface area contributed by atoms with E-state index in [9.17, 15) is 0 Å². The zero-order valence-electron chi connectivity index (χ0n) is 11.1. The van der Waals surface area contributed by atoms with Crippen LogP contribution in [0.4, 0.5) is 5.69 Å². The Kier molecular flexibility index (Phi) is 5.47. The molecule has 0 heterocycles. The second-order valence-corrected chi connectivity index (χ2v) is 5.89. The van der Waals surface area contributed by atoms with Gasteiger partial charge in [0.1, 0.15) is 0 Å². The van der Waals surface area contributed by atoms with Crippen LogP contribution in [0.5, 0.6) is 0 Å². The van der Waals surface area contributed by atoms with E-state index in [4.69, 9.17) is 5.11 Å². The summed E-state index contributed by atoms with van der Waals surface area (Å²) in [5.74, 6) is 0.697. The first kappa shape index (κ1) is 14.5. The molecular weight excluding hydrogens is 278 g/mol. The standard InChI is InChI=1S/C14H22BrNO/c1-10(2)7-11(3)16(4)14-6-5-12(9-17)8-13(14)15/h5-6,8,10-11,17H,7,9H2,1-4H3. The molecule has 0 aliphatic heterocycles. The molecule has 0 fully saturated rings. The van der Waals surface area contributed by atoms with E-state index in [1.807, 2.05) is 12.1 Å². The highest BCUT2D eigenvalue weighted by Crippen LogP contribution is 2.29. The summed E-state index contributed by atoms with van der Waals surface area (Å²) in [5, 5.41) is 9.09. The maximum atomic E-state index is 9.09. The van der Waals surface area contributed by atoms with Crippen LogP contribution in [0, 0.1) is 5.92 Å². The Hall–Kier alpha value is -0.540. The van der Waals surface area contributed by atoms with Crippen molar-refractivity contribution in [2.45, 2.75) is 39.8 Å². The minimum absolute atomic E-state index is 0.0874. The molecule has 1 N–H and O–H groups in total. The van der Waals surface area contributed by atoms with Gasteiger partial charge in [0.25, 0.3) is 0 Å². The zero-order chi connectivity index (χ0) is 13.0. The molecule has 1 unspecified atom stereocenters. The molecule has 1 rings (SSSR count). The van der Waals surface area contributed by atoms with Crippen molar-refractivity contribution in [3.63, 3.8) is 0 Å². The second kappa shape index (κ2) is 6.41. The minimum Gasteiger partial charge on any atom is -0.392 e. The fourth-order valence-corrected chi connectivity index (χ4v) is 2.72. The van der Waals surface area contributed by atoms with Gasteiger partial charge < -0.3 is 10.0 Å². The van der Waals surface area contributed by atoms with E-state index in [-0.39, 0.29) is 6.61 Å². The van der Waals surface area contributed by atoms with Gasteiger partial charge in [0.05, 0.1) is 12.3 Å². The molecule has 0 aliphatic rings. The summed E-state index contributed by atoms with van der Waals surface area (Å²) in [6.07, 6.45) is 1.17. The fourth-order valence-electron chi connectivity index (χ4n) is 2.01. The lowest BCUT2D eigenvalue weighted by Gasteiger charge is -2.29. The summed E-state index contributed by atoms with van der Waals surface area (Å²) < 4.78 is 1.04. The molecule has 0 aromatic heterocycles. The summed E-state index contributed by atoms with van der Waals surface area (Å²) in [7, 11) is 2.12. The quantitative estimate of drug-likeness (QED) is 0.894. The highest BCUT2D eigenvalue weighted by atomic mass is 79.9. The summed E-state index contributed by atoms with van der Waals surface area (Å²) in [6.45, 7) is 6.82. The summed E-state index contributed by atoms with van der Waals surface area (Å²) >= 11 is 3.57. The molecule has 17 heavy (non-hydrogen) atoms. The van der Waals surface area contributed by atoms with Crippen LogP contribution in [-0.2, 0) is 6.61 Å². The van der Waals surface area contributed by atoms with Gasteiger partial charge in [-0.3, -0.25) is 0 Å². The molecule has 0 bridgehead atoms. The number of hydrogen-bond acceptors (Lipinski definition) is 2. The van der Waals surface area contributed by atoms with Gasteiger partial charge in [0, 0.05) is 17.6 Å². The number of nitrogens with zero attached hydrogens (tertiary/aromatic N) is 1. The van der Waals surface area contributed by atoms with E-state index in [1.54, 1.807) is 0 Å². The second-order valence-electron chi connectivity index (χ2n) is 5.03. The van der Waals surface area contributed by atoms with Crippen molar-refractivity contribution in [2.75, 3.05) is 11.9 Å². The van der Waals surface area contributed by atoms with Gasteiger partial charge in [0.2, 0.25) is 0 Å². The molecule has 1 aromatic carbocycles. The van der Waals surface area contributed by atoms with Crippen molar-refractivity contribution in [3.8, 4) is 0 Å². The predicted octanol–water partition coefficient (Wildman–Crippen LogP) is 3.81. The number of hydrogen-bond donors (Lipinski definition) is 1. The maximum absolute atomic E-state index is 9.09. The summed E-state index contributed by atoms with van der Waals surface area (Å²) in [6, 6.07) is 6.52. The molecule has 0 radical (unpaired) electrons. The van der Waals surface area contributed by atoms with Crippen molar-refractivity contribution < 1.29 is 5.11 Å². The Morgan fingerprint density at radius 3 is 2.41 bits per heavy atom. The van der Waals surface area contributed by atoms with Crippen LogP contribution in [0.2, 0.25) is 0 Å². The smallest absolute Gasteiger partial charge is 0.0682 e. The third-order valence-electron chi connectivity index (χ3n) is 3.05. The Morgan fingerprint density at radius 1 is 1.29 bits per heavy atom. The molecule has 1 atom stereocenters. The Morgan fingerprint density at radius 2 is 1.94 bits per heavy atom. The van der Waals surface area contributed by atoms with E-state index in [0.717, 1.165) is 10.0 Å². The highest BCUT2D eigenvalue weighted by Gasteiger charge is 2.14. The molecule has 0 aliphatic carbocycles. The van der Waals surface area contributed by atoms with E-state index in [0.29, 0.717) is 12.0 Å². The Balaban J connectivity index is 2.84. The average Bonchev–Trinajstić information content (AvgIpc) is 2.27. The van der Waals surface area contributed by atoms with Crippen molar-refractivity contribution in [3.05, 3.63) is 28.2 Å². The maximum Gasteiger partial charge on any atom is 0.0682 e. The van der Waals surface area contributed by atoms with Gasteiger partial charge in [-0.05, 0) is 52.9 Å². The van der Waals surface area contributed by atoms with Crippen LogP contribution >= 0.6 is 15.9 Å². The highest BCUT2D eigenvalue weighted by molar-refractivity contribution is 9.10. The van der Waals surface area contributed by atoms with Crippen LogP contribution in [-0.4, -0.2) is 18.2 Å². The van der Waals surface area contributed by atoms with Crippen LogP contribution in [0.15, 0.2) is 22.7 Å². The fraction of sp³-hybridized carbons (Fsp3) is 0.571. The van der Waals surface area contributed by atoms with E-state index >= 15 is 0 Å². The van der Waals surface area contributed by atoms with E-state index < -0.39 is 0 Å². The monoisotopic (exact) mass is 299 g/mol. The van der Waals surface area contributed by atoms with E-state index in [2.05, 4.69) is 54.7 Å². The Labute approximate surface area is 113 Å². The molecule has 1 aromatic rings. The topological polar surface area (TPSA) is 23.5 Å². The van der Waals surface area contributed by atoms with Gasteiger partial charge in [-0.25, -0.2) is 0 Å². The Bertz CT molecular complexity index is 365. The number of aliphatic hydroxyl groups excluding tert-OH is 1. The van der Waals surface area contributed by atoms with Gasteiger partial charge in [-0.2, -0.15) is 0 Å². The van der Waals surface area contributed by atoms with Crippen LogP contribution in [0.25, 0.3) is 0 Å². The number of halogens is 1. The molecule has 0 saturated carbocycles.